The van der Waals surface area contributed by atoms with Crippen molar-refractivity contribution in [3.05, 3.63) is 84.1 Å². The summed E-state index contributed by atoms with van der Waals surface area (Å²) in [6, 6.07) is 15.5. The van der Waals surface area contributed by atoms with Crippen LogP contribution in [-0.4, -0.2) is 27.4 Å². The Labute approximate surface area is 160 Å². The van der Waals surface area contributed by atoms with Crippen molar-refractivity contribution in [1.29, 1.82) is 0 Å². The number of para-hydroxylation sites is 1. The fraction of sp³-hybridized carbons (Fsp3) is 0.0952. The maximum absolute atomic E-state index is 13.3. The number of fused-ring (bicyclic) bond motifs is 1. The molecule has 0 spiro atoms. The normalized spacial score (nSPS) is 10.8. The Morgan fingerprint density at radius 3 is 2.89 bits per heavy atom. The Morgan fingerprint density at radius 1 is 1.11 bits per heavy atom. The summed E-state index contributed by atoms with van der Waals surface area (Å²) in [6.45, 7) is 0.483. The van der Waals surface area contributed by atoms with Crippen LogP contribution in [0.25, 0.3) is 10.9 Å². The summed E-state index contributed by atoms with van der Waals surface area (Å²) < 4.78 is 13.3. The van der Waals surface area contributed by atoms with Crippen LogP contribution < -0.4 is 10.6 Å². The summed E-state index contributed by atoms with van der Waals surface area (Å²) in [5.41, 5.74) is 2.98. The van der Waals surface area contributed by atoms with Crippen LogP contribution in [0.3, 0.4) is 0 Å². The van der Waals surface area contributed by atoms with Crippen molar-refractivity contribution >= 4 is 28.4 Å². The number of H-pyrrole nitrogens is 1. The van der Waals surface area contributed by atoms with Gasteiger partial charge in [-0.25, -0.2) is 14.4 Å². The van der Waals surface area contributed by atoms with E-state index in [1.165, 1.54) is 24.4 Å². The molecule has 0 saturated heterocycles. The Balaban J connectivity index is 1.38. The lowest BCUT2D eigenvalue weighted by atomic mass is 10.1. The fourth-order valence-corrected chi connectivity index (χ4v) is 2.98. The molecule has 7 heteroatoms. The number of carbonyl (C=O) groups excluding carboxylic acids is 1. The molecule has 0 radical (unpaired) electrons. The maximum Gasteiger partial charge on any atom is 0.270 e. The third kappa shape index (κ3) is 3.98. The number of anilines is 2. The lowest BCUT2D eigenvalue weighted by Gasteiger charge is -2.07. The average molecular weight is 375 g/mol. The number of halogens is 1. The highest BCUT2D eigenvalue weighted by Gasteiger charge is 2.10. The average Bonchev–Trinajstić information content (AvgIpc) is 3.11. The first-order valence-corrected chi connectivity index (χ1v) is 8.88. The Hall–Kier alpha value is -3.74. The number of nitrogens with zero attached hydrogens (tertiary/aromatic N) is 2. The van der Waals surface area contributed by atoms with Gasteiger partial charge < -0.3 is 15.6 Å². The zero-order chi connectivity index (χ0) is 19.3. The quantitative estimate of drug-likeness (QED) is 0.479. The van der Waals surface area contributed by atoms with Gasteiger partial charge in [0.15, 0.2) is 0 Å². The minimum atomic E-state index is -0.365. The number of rotatable bonds is 6. The van der Waals surface area contributed by atoms with E-state index in [9.17, 15) is 9.18 Å². The molecule has 4 aromatic rings. The van der Waals surface area contributed by atoms with Crippen molar-refractivity contribution in [3.8, 4) is 0 Å². The molecule has 0 aliphatic heterocycles. The van der Waals surface area contributed by atoms with Gasteiger partial charge in [0, 0.05) is 35.5 Å². The van der Waals surface area contributed by atoms with Crippen molar-refractivity contribution in [3.63, 3.8) is 0 Å². The summed E-state index contributed by atoms with van der Waals surface area (Å²) in [4.78, 5) is 23.9. The second-order valence-corrected chi connectivity index (χ2v) is 6.27. The first-order valence-electron chi connectivity index (χ1n) is 8.88. The number of amides is 1. The van der Waals surface area contributed by atoms with E-state index in [4.69, 9.17) is 0 Å². The van der Waals surface area contributed by atoms with Crippen LogP contribution >= 0.6 is 0 Å². The van der Waals surface area contributed by atoms with Crippen LogP contribution in [0.15, 0.2) is 67.0 Å². The molecule has 6 nitrogen and oxygen atoms in total. The van der Waals surface area contributed by atoms with Gasteiger partial charge in [0.25, 0.3) is 5.91 Å². The van der Waals surface area contributed by atoms with Gasteiger partial charge in [-0.1, -0.05) is 24.3 Å². The van der Waals surface area contributed by atoms with E-state index >= 15 is 0 Å². The number of aromatic nitrogens is 3. The second-order valence-electron chi connectivity index (χ2n) is 6.27. The topological polar surface area (TPSA) is 82.7 Å². The molecule has 0 bridgehead atoms. The van der Waals surface area contributed by atoms with Gasteiger partial charge in [-0.05, 0) is 42.3 Å². The molecule has 4 rings (SSSR count). The standard InChI is InChI=1S/C21H18FN5O/c22-15-4-3-5-16(12-15)26-21-24-11-9-19(27-21)20(28)23-10-8-14-13-25-18-7-2-1-6-17(14)18/h1-7,9,11-13,25H,8,10H2,(H,23,28)(H,24,26,27). The van der Waals surface area contributed by atoms with Gasteiger partial charge in [-0.2, -0.15) is 0 Å². The van der Waals surface area contributed by atoms with Gasteiger partial charge in [-0.3, -0.25) is 4.79 Å². The van der Waals surface area contributed by atoms with Crippen LogP contribution in [0.4, 0.5) is 16.0 Å². The summed E-state index contributed by atoms with van der Waals surface area (Å²) in [5, 5.41) is 6.92. The number of hydrogen-bond acceptors (Lipinski definition) is 4. The van der Waals surface area contributed by atoms with E-state index < -0.39 is 0 Å². The molecule has 140 valence electrons. The SMILES string of the molecule is O=C(NCCc1c[nH]c2ccccc12)c1ccnc(Nc2cccc(F)c2)n1. The van der Waals surface area contributed by atoms with Crippen molar-refractivity contribution in [2.75, 3.05) is 11.9 Å². The fourth-order valence-electron chi connectivity index (χ4n) is 2.98. The van der Waals surface area contributed by atoms with Gasteiger partial charge in [-0.15, -0.1) is 0 Å². The number of aromatic amines is 1. The largest absolute Gasteiger partial charge is 0.361 e. The summed E-state index contributed by atoms with van der Waals surface area (Å²) in [6.07, 6.45) is 4.15. The third-order valence-corrected chi connectivity index (χ3v) is 4.32. The first kappa shape index (κ1) is 17.7. The van der Waals surface area contributed by atoms with Crippen LogP contribution in [0, 0.1) is 5.82 Å². The molecule has 0 unspecified atom stereocenters. The minimum Gasteiger partial charge on any atom is -0.361 e. The van der Waals surface area contributed by atoms with Crippen molar-refractivity contribution in [1.82, 2.24) is 20.3 Å². The smallest absolute Gasteiger partial charge is 0.270 e. The second kappa shape index (κ2) is 7.87. The number of carbonyl (C=O) groups is 1. The molecule has 28 heavy (non-hydrogen) atoms. The van der Waals surface area contributed by atoms with Crippen molar-refractivity contribution in [2.45, 2.75) is 6.42 Å². The van der Waals surface area contributed by atoms with Crippen LogP contribution in [0.2, 0.25) is 0 Å². The number of benzene rings is 2. The monoisotopic (exact) mass is 375 g/mol. The van der Waals surface area contributed by atoms with E-state index in [1.807, 2.05) is 24.4 Å². The highest BCUT2D eigenvalue weighted by molar-refractivity contribution is 5.92. The van der Waals surface area contributed by atoms with Crippen molar-refractivity contribution in [2.24, 2.45) is 0 Å². The van der Waals surface area contributed by atoms with E-state index in [2.05, 4.69) is 31.7 Å². The van der Waals surface area contributed by atoms with E-state index in [0.29, 0.717) is 18.7 Å². The summed E-state index contributed by atoms with van der Waals surface area (Å²) >= 11 is 0. The molecular formula is C21H18FN5O. The highest BCUT2D eigenvalue weighted by atomic mass is 19.1. The lowest BCUT2D eigenvalue weighted by molar-refractivity contribution is 0.0949. The molecular weight excluding hydrogens is 357 g/mol. The number of hydrogen-bond donors (Lipinski definition) is 3. The van der Waals surface area contributed by atoms with Gasteiger partial charge in [0.1, 0.15) is 11.5 Å². The van der Waals surface area contributed by atoms with Gasteiger partial charge >= 0.3 is 0 Å². The lowest BCUT2D eigenvalue weighted by Crippen LogP contribution is -2.26. The van der Waals surface area contributed by atoms with E-state index in [0.717, 1.165) is 16.5 Å². The predicted octanol–water partition coefficient (Wildman–Crippen LogP) is 3.81. The molecule has 2 heterocycles. The zero-order valence-electron chi connectivity index (χ0n) is 14.9. The molecule has 2 aromatic carbocycles. The number of nitrogens with one attached hydrogen (secondary N) is 3. The first-order chi connectivity index (χ1) is 13.7. The molecule has 0 saturated carbocycles. The predicted molar refractivity (Wildman–Crippen MR) is 106 cm³/mol. The van der Waals surface area contributed by atoms with Crippen LogP contribution in [-0.2, 0) is 6.42 Å². The van der Waals surface area contributed by atoms with Crippen molar-refractivity contribution < 1.29 is 9.18 Å². The van der Waals surface area contributed by atoms with E-state index in [1.54, 1.807) is 12.1 Å². The van der Waals surface area contributed by atoms with Crippen LogP contribution in [0.1, 0.15) is 16.1 Å². The highest BCUT2D eigenvalue weighted by Crippen LogP contribution is 2.18. The molecule has 3 N–H and O–H groups in total. The molecule has 0 fully saturated rings. The molecule has 0 aliphatic rings. The Bertz CT molecular complexity index is 1120. The molecule has 2 aromatic heterocycles. The summed E-state index contributed by atoms with van der Waals surface area (Å²) in [5.74, 6) is -0.421. The van der Waals surface area contributed by atoms with Crippen LogP contribution in [0.5, 0.6) is 0 Å². The van der Waals surface area contributed by atoms with Gasteiger partial charge in [0.2, 0.25) is 5.95 Å². The minimum absolute atomic E-state index is 0.231. The third-order valence-electron chi connectivity index (χ3n) is 4.32. The molecule has 0 atom stereocenters. The molecule has 1 amide bonds. The Morgan fingerprint density at radius 2 is 2.00 bits per heavy atom. The maximum atomic E-state index is 13.3. The molecule has 0 aliphatic carbocycles. The van der Waals surface area contributed by atoms with Gasteiger partial charge in [0.05, 0.1) is 0 Å². The zero-order valence-corrected chi connectivity index (χ0v) is 14.9. The van der Waals surface area contributed by atoms with E-state index in [-0.39, 0.29) is 23.4 Å². The Kier molecular flexibility index (Phi) is 4.97. The summed E-state index contributed by atoms with van der Waals surface area (Å²) in [7, 11) is 0.